The van der Waals surface area contributed by atoms with E-state index in [-0.39, 0.29) is 5.56 Å². The highest BCUT2D eigenvalue weighted by Gasteiger charge is 2.29. The lowest BCUT2D eigenvalue weighted by Gasteiger charge is -2.18. The van der Waals surface area contributed by atoms with Crippen molar-refractivity contribution in [2.24, 2.45) is 5.92 Å². The number of nitrogens with one attached hydrogen (secondary N) is 1. The van der Waals surface area contributed by atoms with Gasteiger partial charge in [0.25, 0.3) is 5.91 Å². The quantitative estimate of drug-likeness (QED) is 0.499. The van der Waals surface area contributed by atoms with Crippen LogP contribution in [0.4, 0.5) is 5.00 Å². The molecular weight excluding hydrogens is 406 g/mol. The Bertz CT molecular complexity index is 1210. The van der Waals surface area contributed by atoms with Crippen molar-refractivity contribution in [3.63, 3.8) is 0 Å². The van der Waals surface area contributed by atoms with E-state index >= 15 is 0 Å². The van der Waals surface area contributed by atoms with E-state index in [0.29, 0.717) is 33.2 Å². The predicted octanol–water partition coefficient (Wildman–Crippen LogP) is 4.03. The minimum atomic E-state index is -0.750. The zero-order valence-electron chi connectivity index (χ0n) is 16.9. The molecule has 30 heavy (non-hydrogen) atoms. The lowest BCUT2D eigenvalue weighted by atomic mass is 9.88. The molecule has 1 aromatic carbocycles. The van der Waals surface area contributed by atoms with Crippen LogP contribution in [0.1, 0.15) is 44.5 Å². The second-order valence-corrected chi connectivity index (χ2v) is 8.46. The fraction of sp³-hybridized carbons (Fsp3) is 0.318. The normalized spacial score (nSPS) is 15.5. The van der Waals surface area contributed by atoms with Crippen molar-refractivity contribution in [2.45, 2.75) is 26.2 Å². The van der Waals surface area contributed by atoms with Gasteiger partial charge in [0.1, 0.15) is 21.9 Å². The van der Waals surface area contributed by atoms with Crippen LogP contribution in [0.5, 0.6) is 5.75 Å². The van der Waals surface area contributed by atoms with Crippen molar-refractivity contribution in [3.8, 4) is 5.75 Å². The molecule has 8 heteroatoms. The van der Waals surface area contributed by atoms with Crippen LogP contribution >= 0.6 is 11.3 Å². The van der Waals surface area contributed by atoms with Gasteiger partial charge in [-0.2, -0.15) is 0 Å². The molecule has 156 valence electrons. The van der Waals surface area contributed by atoms with Gasteiger partial charge in [-0.1, -0.05) is 6.92 Å². The number of thiophene rings is 1. The molecule has 0 bridgehead atoms. The average Bonchev–Trinajstić information content (AvgIpc) is 3.08. The first kappa shape index (κ1) is 20.2. The van der Waals surface area contributed by atoms with Crippen LogP contribution in [0.25, 0.3) is 11.0 Å². The first-order valence-corrected chi connectivity index (χ1v) is 10.4. The summed E-state index contributed by atoms with van der Waals surface area (Å²) in [6.07, 6.45) is 2.57. The van der Waals surface area contributed by atoms with E-state index in [1.165, 1.54) is 31.6 Å². The predicted molar refractivity (Wildman–Crippen MR) is 114 cm³/mol. The molecule has 1 aliphatic rings. The summed E-state index contributed by atoms with van der Waals surface area (Å²) >= 11 is 1.36. The van der Waals surface area contributed by atoms with Gasteiger partial charge in [-0.05, 0) is 55.0 Å². The van der Waals surface area contributed by atoms with E-state index in [1.54, 1.807) is 18.2 Å². The zero-order chi connectivity index (χ0) is 21.4. The zero-order valence-corrected chi connectivity index (χ0v) is 17.7. The van der Waals surface area contributed by atoms with Crippen LogP contribution in [0.15, 0.2) is 33.5 Å². The fourth-order valence-electron chi connectivity index (χ4n) is 3.71. The Morgan fingerprint density at radius 3 is 2.77 bits per heavy atom. The van der Waals surface area contributed by atoms with Crippen molar-refractivity contribution < 1.29 is 23.5 Å². The van der Waals surface area contributed by atoms with E-state index in [1.807, 2.05) is 0 Å². The first-order chi connectivity index (χ1) is 14.4. The summed E-state index contributed by atoms with van der Waals surface area (Å²) in [5.74, 6) is -0.0404. The number of carbonyl (C=O) groups is 2. The Morgan fingerprint density at radius 1 is 1.23 bits per heavy atom. The van der Waals surface area contributed by atoms with E-state index in [2.05, 4.69) is 12.2 Å². The maximum absolute atomic E-state index is 12.9. The van der Waals surface area contributed by atoms with Gasteiger partial charge in [0, 0.05) is 10.3 Å². The molecule has 1 N–H and O–H groups in total. The number of carbonyl (C=O) groups excluding carboxylic acids is 2. The number of fused-ring (bicyclic) bond motifs is 2. The lowest BCUT2D eigenvalue weighted by molar-refractivity contribution is 0.0601. The number of esters is 1. The molecule has 1 atom stereocenters. The maximum Gasteiger partial charge on any atom is 0.349 e. The van der Waals surface area contributed by atoms with E-state index in [9.17, 15) is 14.4 Å². The van der Waals surface area contributed by atoms with E-state index < -0.39 is 17.5 Å². The van der Waals surface area contributed by atoms with Crippen molar-refractivity contribution in [1.29, 1.82) is 0 Å². The molecule has 1 amide bonds. The number of anilines is 1. The topological polar surface area (TPSA) is 94.8 Å². The summed E-state index contributed by atoms with van der Waals surface area (Å²) in [4.78, 5) is 38.8. The van der Waals surface area contributed by atoms with Gasteiger partial charge in [0.2, 0.25) is 0 Å². The monoisotopic (exact) mass is 427 g/mol. The summed E-state index contributed by atoms with van der Waals surface area (Å²) in [7, 11) is 2.84. The van der Waals surface area contributed by atoms with Gasteiger partial charge in [0.15, 0.2) is 0 Å². The molecule has 0 spiro atoms. The molecule has 1 unspecified atom stereocenters. The summed E-state index contributed by atoms with van der Waals surface area (Å²) in [5, 5.41) is 3.70. The van der Waals surface area contributed by atoms with Crippen LogP contribution in [0, 0.1) is 5.92 Å². The van der Waals surface area contributed by atoms with E-state index in [4.69, 9.17) is 13.9 Å². The number of rotatable bonds is 4. The maximum atomic E-state index is 12.9. The number of benzene rings is 1. The molecular formula is C22H21NO6S. The third kappa shape index (κ3) is 3.59. The molecule has 1 aliphatic carbocycles. The molecule has 0 fully saturated rings. The molecule has 2 aromatic heterocycles. The highest BCUT2D eigenvalue weighted by molar-refractivity contribution is 7.17. The third-order valence-electron chi connectivity index (χ3n) is 5.31. The number of ether oxygens (including phenoxy) is 2. The Labute approximate surface area is 176 Å². The summed E-state index contributed by atoms with van der Waals surface area (Å²) in [6, 6.07) is 6.43. The van der Waals surface area contributed by atoms with Crippen LogP contribution in [0.2, 0.25) is 0 Å². The molecule has 0 saturated heterocycles. The summed E-state index contributed by atoms with van der Waals surface area (Å²) in [6.45, 7) is 2.16. The van der Waals surface area contributed by atoms with Gasteiger partial charge in [-0.3, -0.25) is 4.79 Å². The van der Waals surface area contributed by atoms with Gasteiger partial charge in [-0.15, -0.1) is 11.3 Å². The highest BCUT2D eigenvalue weighted by atomic mass is 32.1. The number of hydrogen-bond acceptors (Lipinski definition) is 7. The molecule has 2 heterocycles. The van der Waals surface area contributed by atoms with Crippen LogP contribution in [-0.4, -0.2) is 26.1 Å². The Kier molecular flexibility index (Phi) is 5.34. The van der Waals surface area contributed by atoms with Crippen molar-refractivity contribution in [2.75, 3.05) is 19.5 Å². The Morgan fingerprint density at radius 2 is 2.03 bits per heavy atom. The Hall–Kier alpha value is -3.13. The fourth-order valence-corrected chi connectivity index (χ4v) is 5.11. The molecule has 0 radical (unpaired) electrons. The first-order valence-electron chi connectivity index (χ1n) is 9.57. The average molecular weight is 427 g/mol. The van der Waals surface area contributed by atoms with Crippen molar-refractivity contribution in [3.05, 3.63) is 56.3 Å². The molecule has 3 aromatic rings. The minimum absolute atomic E-state index is 0.147. The lowest BCUT2D eigenvalue weighted by Crippen LogP contribution is -2.21. The van der Waals surface area contributed by atoms with Crippen LogP contribution in [-0.2, 0) is 17.6 Å². The number of hydrogen-bond donors (Lipinski definition) is 1. The van der Waals surface area contributed by atoms with Gasteiger partial charge < -0.3 is 19.2 Å². The highest BCUT2D eigenvalue weighted by Crippen LogP contribution is 2.40. The standard InChI is InChI=1S/C22H21NO6S/c1-11-4-6-14-17(8-11)30-20(18(14)22(26)28-3)23-19(24)15-10-12-9-13(27-2)5-7-16(12)29-21(15)25/h5,7,9-11H,4,6,8H2,1-3H3,(H,23,24). The summed E-state index contributed by atoms with van der Waals surface area (Å²) < 4.78 is 15.4. The largest absolute Gasteiger partial charge is 0.497 e. The van der Waals surface area contributed by atoms with Gasteiger partial charge in [-0.25, -0.2) is 9.59 Å². The van der Waals surface area contributed by atoms with E-state index in [0.717, 1.165) is 29.7 Å². The molecule has 7 nitrogen and oxygen atoms in total. The minimum Gasteiger partial charge on any atom is -0.497 e. The van der Waals surface area contributed by atoms with Gasteiger partial charge >= 0.3 is 11.6 Å². The number of amides is 1. The Balaban J connectivity index is 1.73. The second-order valence-electron chi connectivity index (χ2n) is 7.35. The smallest absolute Gasteiger partial charge is 0.349 e. The van der Waals surface area contributed by atoms with Crippen LogP contribution < -0.4 is 15.7 Å². The van der Waals surface area contributed by atoms with Gasteiger partial charge in [0.05, 0.1) is 19.8 Å². The van der Waals surface area contributed by atoms with Crippen LogP contribution in [0.3, 0.4) is 0 Å². The second kappa shape index (κ2) is 7.95. The molecule has 0 saturated carbocycles. The molecule has 0 aliphatic heterocycles. The summed E-state index contributed by atoms with van der Waals surface area (Å²) in [5.41, 5.74) is 0.763. The molecule has 4 rings (SSSR count). The number of methoxy groups -OCH3 is 2. The van der Waals surface area contributed by atoms with Crippen molar-refractivity contribution >= 4 is 39.2 Å². The third-order valence-corrected chi connectivity index (χ3v) is 6.48. The van der Waals surface area contributed by atoms with Crippen molar-refractivity contribution in [1.82, 2.24) is 0 Å². The SMILES string of the molecule is COC(=O)c1c(NC(=O)c2cc3cc(OC)ccc3oc2=O)sc2c1CCC(C)C2.